The Hall–Kier alpha value is -3.59. The number of nitrogens with one attached hydrogen (secondary N) is 2. The van der Waals surface area contributed by atoms with Crippen LogP contribution in [0.15, 0.2) is 30.3 Å². The van der Waals surface area contributed by atoms with Gasteiger partial charge in [-0.25, -0.2) is 4.98 Å². The molecule has 1 atom stereocenters. The number of carbonyl (C=O) groups excluding carboxylic acids is 2. The molecule has 2 aromatic carbocycles. The number of aryl methyl sites for hydroxylation is 1. The van der Waals surface area contributed by atoms with Crippen LogP contribution >= 0.6 is 0 Å². The van der Waals surface area contributed by atoms with Gasteiger partial charge in [0.2, 0.25) is 0 Å². The highest BCUT2D eigenvalue weighted by Gasteiger charge is 2.28. The van der Waals surface area contributed by atoms with Crippen LogP contribution < -0.4 is 20.1 Å². The zero-order valence-electron chi connectivity index (χ0n) is 20.9. The Morgan fingerprint density at radius 3 is 2.61 bits per heavy atom. The number of hydrogen-bond donors (Lipinski definition) is 2. The smallest absolute Gasteiger partial charge is 0.253 e. The van der Waals surface area contributed by atoms with Crippen molar-refractivity contribution in [3.63, 3.8) is 0 Å². The topological polar surface area (TPSA) is 104 Å². The summed E-state index contributed by atoms with van der Waals surface area (Å²) < 4.78 is 18.4. The van der Waals surface area contributed by atoms with E-state index in [-0.39, 0.29) is 18.4 Å². The summed E-state index contributed by atoms with van der Waals surface area (Å²) in [7, 11) is 5.15. The summed E-state index contributed by atoms with van der Waals surface area (Å²) in [6.45, 7) is 0.839. The Morgan fingerprint density at radius 1 is 1.11 bits per heavy atom. The SMILES string of the molecule is COc1ccc(OC)c(CNC(=O)c2cc(NC(=O)[C@@H]3CCCO3)c3c(c2)nc(C2CCC2)n3C)c1. The number of aromatic nitrogens is 2. The van der Waals surface area contributed by atoms with E-state index in [2.05, 4.69) is 10.6 Å². The number of fused-ring (bicyclic) bond motifs is 1. The lowest BCUT2D eigenvalue weighted by molar-refractivity contribution is -0.124. The van der Waals surface area contributed by atoms with Gasteiger partial charge in [0.25, 0.3) is 11.8 Å². The summed E-state index contributed by atoms with van der Waals surface area (Å²) in [5.74, 6) is 2.26. The van der Waals surface area contributed by atoms with Crippen molar-refractivity contribution in [1.29, 1.82) is 0 Å². The second-order valence-corrected chi connectivity index (χ2v) is 9.40. The summed E-state index contributed by atoms with van der Waals surface area (Å²) in [4.78, 5) is 31.0. The van der Waals surface area contributed by atoms with Crippen LogP contribution in [0.4, 0.5) is 5.69 Å². The van der Waals surface area contributed by atoms with E-state index in [1.807, 2.05) is 23.7 Å². The summed E-state index contributed by atoms with van der Waals surface area (Å²) in [5, 5.41) is 5.98. The zero-order chi connectivity index (χ0) is 25.2. The highest BCUT2D eigenvalue weighted by molar-refractivity contribution is 6.06. The molecule has 0 unspecified atom stereocenters. The Bertz CT molecular complexity index is 1290. The van der Waals surface area contributed by atoms with Crippen molar-refractivity contribution in [2.24, 2.45) is 7.05 Å². The maximum atomic E-state index is 13.2. The molecular weight excluding hydrogens is 460 g/mol. The van der Waals surface area contributed by atoms with Crippen LogP contribution in [0.1, 0.15) is 59.8 Å². The van der Waals surface area contributed by atoms with Crippen LogP contribution in [-0.2, 0) is 23.1 Å². The fourth-order valence-electron chi connectivity index (χ4n) is 4.92. The largest absolute Gasteiger partial charge is 0.497 e. The number of methoxy groups -OCH3 is 2. The molecule has 9 nitrogen and oxygen atoms in total. The molecule has 0 spiro atoms. The molecule has 1 saturated heterocycles. The third kappa shape index (κ3) is 4.63. The summed E-state index contributed by atoms with van der Waals surface area (Å²) >= 11 is 0. The van der Waals surface area contributed by atoms with E-state index in [0.29, 0.717) is 47.2 Å². The van der Waals surface area contributed by atoms with Crippen LogP contribution in [0.2, 0.25) is 0 Å². The van der Waals surface area contributed by atoms with Gasteiger partial charge in [-0.1, -0.05) is 6.42 Å². The number of nitrogens with zero attached hydrogens (tertiary/aromatic N) is 2. The zero-order valence-corrected chi connectivity index (χ0v) is 20.9. The van der Waals surface area contributed by atoms with Crippen molar-refractivity contribution in [3.05, 3.63) is 47.3 Å². The first-order valence-corrected chi connectivity index (χ1v) is 12.4. The van der Waals surface area contributed by atoms with Crippen LogP contribution in [0.25, 0.3) is 11.0 Å². The predicted octanol–water partition coefficient (Wildman–Crippen LogP) is 3.91. The van der Waals surface area contributed by atoms with Crippen LogP contribution in [0.5, 0.6) is 11.5 Å². The molecule has 2 amide bonds. The van der Waals surface area contributed by atoms with Gasteiger partial charge in [0.1, 0.15) is 23.4 Å². The number of ether oxygens (including phenoxy) is 3. The Labute approximate surface area is 210 Å². The minimum absolute atomic E-state index is 0.195. The molecule has 1 saturated carbocycles. The maximum absolute atomic E-state index is 13.2. The number of anilines is 1. The number of hydrogen-bond acceptors (Lipinski definition) is 6. The molecule has 9 heteroatoms. The minimum Gasteiger partial charge on any atom is -0.497 e. The van der Waals surface area contributed by atoms with Gasteiger partial charge in [-0.2, -0.15) is 0 Å². The average Bonchev–Trinajstić information content (AvgIpc) is 3.50. The minimum atomic E-state index is -0.475. The molecule has 190 valence electrons. The van der Waals surface area contributed by atoms with E-state index in [0.717, 1.165) is 36.2 Å². The Kier molecular flexibility index (Phi) is 6.82. The first-order chi connectivity index (χ1) is 17.5. The Morgan fingerprint density at radius 2 is 1.94 bits per heavy atom. The molecule has 0 radical (unpaired) electrons. The monoisotopic (exact) mass is 492 g/mol. The van der Waals surface area contributed by atoms with Crippen molar-refractivity contribution >= 4 is 28.5 Å². The van der Waals surface area contributed by atoms with Gasteiger partial charge in [0.05, 0.1) is 30.9 Å². The van der Waals surface area contributed by atoms with E-state index < -0.39 is 6.10 Å². The van der Waals surface area contributed by atoms with E-state index in [1.165, 1.54) is 6.42 Å². The van der Waals surface area contributed by atoms with Gasteiger partial charge in [-0.05, 0) is 56.0 Å². The lowest BCUT2D eigenvalue weighted by Crippen LogP contribution is -2.27. The lowest BCUT2D eigenvalue weighted by atomic mass is 9.85. The Balaban J connectivity index is 1.45. The fourth-order valence-corrected chi connectivity index (χ4v) is 4.92. The molecule has 1 aromatic heterocycles. The molecule has 3 aromatic rings. The molecule has 0 bridgehead atoms. The van der Waals surface area contributed by atoms with Gasteiger partial charge in [0.15, 0.2) is 0 Å². The highest BCUT2D eigenvalue weighted by atomic mass is 16.5. The van der Waals surface area contributed by atoms with E-state index in [4.69, 9.17) is 19.2 Å². The average molecular weight is 493 g/mol. The third-order valence-corrected chi connectivity index (χ3v) is 7.14. The summed E-state index contributed by atoms with van der Waals surface area (Å²) in [6.07, 6.45) is 4.47. The first-order valence-electron chi connectivity index (χ1n) is 12.4. The second-order valence-electron chi connectivity index (χ2n) is 9.40. The van der Waals surface area contributed by atoms with Crippen molar-refractivity contribution in [2.45, 2.75) is 50.7 Å². The molecule has 5 rings (SSSR count). The molecule has 2 N–H and O–H groups in total. The van der Waals surface area contributed by atoms with Gasteiger partial charge < -0.3 is 29.4 Å². The van der Waals surface area contributed by atoms with Crippen LogP contribution in [-0.4, -0.2) is 48.3 Å². The molecule has 2 fully saturated rings. The number of carbonyl (C=O) groups is 2. The first kappa shape index (κ1) is 24.1. The highest BCUT2D eigenvalue weighted by Crippen LogP contribution is 2.38. The normalized spacial score (nSPS) is 17.6. The van der Waals surface area contributed by atoms with E-state index in [1.54, 1.807) is 32.4 Å². The van der Waals surface area contributed by atoms with E-state index in [9.17, 15) is 9.59 Å². The number of imidazole rings is 1. The maximum Gasteiger partial charge on any atom is 0.253 e. The van der Waals surface area contributed by atoms with Crippen LogP contribution in [0.3, 0.4) is 0 Å². The predicted molar refractivity (Wildman–Crippen MR) is 136 cm³/mol. The molecule has 1 aliphatic heterocycles. The fraction of sp³-hybridized carbons (Fsp3) is 0.444. The van der Waals surface area contributed by atoms with Gasteiger partial charge >= 0.3 is 0 Å². The third-order valence-electron chi connectivity index (χ3n) is 7.14. The molecule has 36 heavy (non-hydrogen) atoms. The molecule has 2 heterocycles. The lowest BCUT2D eigenvalue weighted by Gasteiger charge is -2.24. The van der Waals surface area contributed by atoms with Gasteiger partial charge in [-0.15, -0.1) is 0 Å². The number of benzene rings is 2. The standard InChI is InChI=1S/C27H32N4O5/c1-31-24-20(29-25(31)16-6-4-7-16)13-17(14-21(24)30-27(33)23-8-5-11-36-23)26(32)28-15-18-12-19(34-2)9-10-22(18)35-3/h9-10,12-14,16,23H,4-8,11,15H2,1-3H3,(H,28,32)(H,30,33)/t23-/m0/s1. The summed E-state index contributed by atoms with van der Waals surface area (Å²) in [6, 6.07) is 8.96. The van der Waals surface area contributed by atoms with E-state index >= 15 is 0 Å². The van der Waals surface area contributed by atoms with Crippen LogP contribution in [0, 0.1) is 0 Å². The van der Waals surface area contributed by atoms with Crippen molar-refractivity contribution in [1.82, 2.24) is 14.9 Å². The van der Waals surface area contributed by atoms with Crippen molar-refractivity contribution in [2.75, 3.05) is 26.1 Å². The molecular formula is C27H32N4O5. The van der Waals surface area contributed by atoms with Gasteiger partial charge in [-0.3, -0.25) is 9.59 Å². The number of amides is 2. The van der Waals surface area contributed by atoms with Gasteiger partial charge in [0, 0.05) is 37.2 Å². The number of rotatable bonds is 8. The van der Waals surface area contributed by atoms with Crippen molar-refractivity contribution < 1.29 is 23.8 Å². The second kappa shape index (κ2) is 10.2. The van der Waals surface area contributed by atoms with Crippen molar-refractivity contribution in [3.8, 4) is 11.5 Å². The quantitative estimate of drug-likeness (QED) is 0.494. The molecule has 2 aliphatic rings. The molecule has 1 aliphatic carbocycles. The summed E-state index contributed by atoms with van der Waals surface area (Å²) in [5.41, 5.74) is 3.29.